The molecule has 0 spiro atoms. The van der Waals surface area contributed by atoms with Crippen LogP contribution in [-0.4, -0.2) is 21.7 Å². The largest absolute Gasteiger partial charge is 0.496 e. The Morgan fingerprint density at radius 2 is 2.28 bits per heavy atom. The molecule has 0 aliphatic carbocycles. The molecule has 92 valence electrons. The van der Waals surface area contributed by atoms with E-state index >= 15 is 0 Å². The van der Waals surface area contributed by atoms with E-state index in [-0.39, 0.29) is 5.82 Å². The minimum absolute atomic E-state index is 0.335. The fraction of sp³-hybridized carbons (Fsp3) is 0.0909. The van der Waals surface area contributed by atoms with Gasteiger partial charge in [-0.05, 0) is 18.2 Å². The Kier molecular flexibility index (Phi) is 2.41. The van der Waals surface area contributed by atoms with E-state index in [1.807, 2.05) is 0 Å². The number of hydrogen-bond acceptors (Lipinski definition) is 5. The Hall–Kier alpha value is -2.15. The maximum absolute atomic E-state index is 13.3. The van der Waals surface area contributed by atoms with E-state index in [9.17, 15) is 4.39 Å². The number of nitrogens with zero attached hydrogens (tertiary/aromatic N) is 3. The highest BCUT2D eigenvalue weighted by atomic mass is 32.1. The topological polar surface area (TPSA) is 65.4 Å². The fourth-order valence-corrected chi connectivity index (χ4v) is 2.58. The number of benzene rings is 1. The van der Waals surface area contributed by atoms with Crippen molar-refractivity contribution in [2.24, 2.45) is 0 Å². The van der Waals surface area contributed by atoms with Gasteiger partial charge in [-0.1, -0.05) is 11.3 Å². The third-order valence-electron chi connectivity index (χ3n) is 2.45. The second kappa shape index (κ2) is 3.95. The van der Waals surface area contributed by atoms with Crippen molar-refractivity contribution in [1.29, 1.82) is 0 Å². The van der Waals surface area contributed by atoms with Crippen LogP contribution in [0.2, 0.25) is 0 Å². The molecule has 0 aliphatic heterocycles. The Morgan fingerprint density at radius 3 is 3.00 bits per heavy atom. The lowest BCUT2D eigenvalue weighted by Crippen LogP contribution is -1.90. The van der Waals surface area contributed by atoms with Crippen molar-refractivity contribution in [3.63, 3.8) is 0 Å². The average Bonchev–Trinajstić information content (AvgIpc) is 2.85. The lowest BCUT2D eigenvalue weighted by Gasteiger charge is -2.04. The first kappa shape index (κ1) is 11.0. The first-order valence-corrected chi connectivity index (χ1v) is 5.94. The Labute approximate surface area is 106 Å². The summed E-state index contributed by atoms with van der Waals surface area (Å²) in [7, 11) is 1.54. The molecule has 0 saturated carbocycles. The summed E-state index contributed by atoms with van der Waals surface area (Å²) >= 11 is 1.32. The van der Waals surface area contributed by atoms with Gasteiger partial charge in [0.2, 0.25) is 4.96 Å². The minimum atomic E-state index is -0.335. The van der Waals surface area contributed by atoms with Crippen molar-refractivity contribution in [2.45, 2.75) is 0 Å². The van der Waals surface area contributed by atoms with Crippen molar-refractivity contribution < 1.29 is 9.13 Å². The molecule has 3 aromatic rings. The van der Waals surface area contributed by atoms with Gasteiger partial charge in [0.1, 0.15) is 17.4 Å². The minimum Gasteiger partial charge on any atom is -0.496 e. The number of aromatic nitrogens is 3. The van der Waals surface area contributed by atoms with Crippen LogP contribution >= 0.6 is 11.3 Å². The summed E-state index contributed by atoms with van der Waals surface area (Å²) in [5, 5.41) is 4.93. The molecule has 7 heteroatoms. The fourth-order valence-electron chi connectivity index (χ4n) is 1.67. The third-order valence-corrected chi connectivity index (χ3v) is 3.41. The van der Waals surface area contributed by atoms with Crippen LogP contribution in [0, 0.1) is 5.82 Å². The van der Waals surface area contributed by atoms with E-state index in [2.05, 4.69) is 10.1 Å². The van der Waals surface area contributed by atoms with E-state index in [0.717, 1.165) is 0 Å². The number of nitrogen functional groups attached to an aromatic ring is 1. The van der Waals surface area contributed by atoms with Gasteiger partial charge in [-0.15, -0.1) is 0 Å². The van der Waals surface area contributed by atoms with Gasteiger partial charge in [-0.3, -0.25) is 0 Å². The lowest BCUT2D eigenvalue weighted by atomic mass is 10.2. The van der Waals surface area contributed by atoms with E-state index in [1.165, 1.54) is 30.6 Å². The normalized spacial score (nSPS) is 11.0. The van der Waals surface area contributed by atoms with Gasteiger partial charge in [0.05, 0.1) is 18.9 Å². The highest BCUT2D eigenvalue weighted by Gasteiger charge is 2.13. The molecule has 2 N–H and O–H groups in total. The zero-order valence-corrected chi connectivity index (χ0v) is 10.2. The third kappa shape index (κ3) is 1.68. The molecule has 2 aromatic heterocycles. The molecule has 0 radical (unpaired) electrons. The zero-order valence-electron chi connectivity index (χ0n) is 9.42. The molecule has 1 aromatic carbocycles. The highest BCUT2D eigenvalue weighted by Crippen LogP contribution is 2.33. The van der Waals surface area contributed by atoms with E-state index in [4.69, 9.17) is 10.5 Å². The summed E-state index contributed by atoms with van der Waals surface area (Å²) in [6.45, 7) is 0. The van der Waals surface area contributed by atoms with Crippen LogP contribution in [-0.2, 0) is 0 Å². The summed E-state index contributed by atoms with van der Waals surface area (Å²) in [6.07, 6.45) is 1.61. The van der Waals surface area contributed by atoms with E-state index in [1.54, 1.807) is 16.8 Å². The number of rotatable bonds is 2. The Bertz CT molecular complexity index is 689. The number of nitrogens with two attached hydrogens (primary N) is 1. The zero-order chi connectivity index (χ0) is 12.7. The molecule has 2 heterocycles. The molecular weight excluding hydrogens is 255 g/mol. The second-order valence-electron chi connectivity index (χ2n) is 3.64. The molecule has 0 saturated heterocycles. The van der Waals surface area contributed by atoms with Crippen molar-refractivity contribution in [1.82, 2.24) is 14.6 Å². The monoisotopic (exact) mass is 264 g/mol. The first-order valence-electron chi connectivity index (χ1n) is 5.13. The summed E-state index contributed by atoms with van der Waals surface area (Å²) < 4.78 is 20.1. The SMILES string of the molecule is COc1ccc(F)cc1-c1nn2cc(N)nc2s1. The maximum Gasteiger partial charge on any atom is 0.214 e. The van der Waals surface area contributed by atoms with Crippen molar-refractivity contribution >= 4 is 22.1 Å². The van der Waals surface area contributed by atoms with Gasteiger partial charge >= 0.3 is 0 Å². The van der Waals surface area contributed by atoms with Crippen LogP contribution in [0.1, 0.15) is 0 Å². The smallest absolute Gasteiger partial charge is 0.214 e. The molecule has 3 rings (SSSR count). The summed E-state index contributed by atoms with van der Waals surface area (Å²) in [4.78, 5) is 4.76. The molecule has 0 amide bonds. The van der Waals surface area contributed by atoms with Crippen LogP contribution in [0.25, 0.3) is 15.5 Å². The van der Waals surface area contributed by atoms with E-state index in [0.29, 0.717) is 27.1 Å². The summed E-state index contributed by atoms with van der Waals surface area (Å²) in [6, 6.07) is 4.31. The van der Waals surface area contributed by atoms with Gasteiger partial charge in [-0.25, -0.2) is 13.9 Å². The molecule has 5 nitrogen and oxygen atoms in total. The molecular formula is C11H9FN4OS. The summed E-state index contributed by atoms with van der Waals surface area (Å²) in [5.41, 5.74) is 6.16. The number of hydrogen-bond donors (Lipinski definition) is 1. The van der Waals surface area contributed by atoms with Crippen LogP contribution in [0.4, 0.5) is 10.2 Å². The highest BCUT2D eigenvalue weighted by molar-refractivity contribution is 7.19. The van der Waals surface area contributed by atoms with Gasteiger partial charge in [0.25, 0.3) is 0 Å². The lowest BCUT2D eigenvalue weighted by molar-refractivity contribution is 0.415. The maximum atomic E-state index is 13.3. The molecule has 0 atom stereocenters. The van der Waals surface area contributed by atoms with Crippen LogP contribution in [0.3, 0.4) is 0 Å². The number of fused-ring (bicyclic) bond motifs is 1. The summed E-state index contributed by atoms with van der Waals surface area (Å²) in [5.74, 6) is 0.644. The molecule has 0 unspecified atom stereocenters. The van der Waals surface area contributed by atoms with Crippen molar-refractivity contribution in [2.75, 3.05) is 12.8 Å². The predicted molar refractivity (Wildman–Crippen MR) is 67.2 cm³/mol. The number of imidazole rings is 1. The van der Waals surface area contributed by atoms with Crippen LogP contribution in [0.15, 0.2) is 24.4 Å². The quantitative estimate of drug-likeness (QED) is 0.770. The standard InChI is InChI=1S/C11H9FN4OS/c1-17-8-3-2-6(12)4-7(8)10-15-16-5-9(13)14-11(16)18-10/h2-5H,13H2,1H3. The number of methoxy groups -OCH3 is 1. The Balaban J connectivity index is 2.18. The number of halogens is 1. The molecule has 0 bridgehead atoms. The van der Waals surface area contributed by atoms with Crippen LogP contribution in [0.5, 0.6) is 5.75 Å². The molecule has 18 heavy (non-hydrogen) atoms. The van der Waals surface area contributed by atoms with Gasteiger partial charge in [0, 0.05) is 0 Å². The van der Waals surface area contributed by atoms with Gasteiger partial charge < -0.3 is 10.5 Å². The van der Waals surface area contributed by atoms with E-state index < -0.39 is 0 Å². The van der Waals surface area contributed by atoms with Crippen molar-refractivity contribution in [3.8, 4) is 16.3 Å². The second-order valence-corrected chi connectivity index (χ2v) is 4.60. The molecule has 0 aliphatic rings. The molecule has 0 fully saturated rings. The van der Waals surface area contributed by atoms with Crippen LogP contribution < -0.4 is 10.5 Å². The Morgan fingerprint density at radius 1 is 1.44 bits per heavy atom. The van der Waals surface area contributed by atoms with Gasteiger partial charge in [-0.2, -0.15) is 5.10 Å². The predicted octanol–water partition coefficient (Wildman–Crippen LogP) is 2.19. The van der Waals surface area contributed by atoms with Gasteiger partial charge in [0.15, 0.2) is 5.01 Å². The first-order chi connectivity index (χ1) is 8.67. The van der Waals surface area contributed by atoms with Crippen molar-refractivity contribution in [3.05, 3.63) is 30.2 Å². The number of ether oxygens (including phenoxy) is 1. The average molecular weight is 264 g/mol. The number of anilines is 1.